The molecule has 1 aliphatic heterocycles. The number of guanidine groups is 1. The number of hydrogen-bond donors (Lipinski definition) is 2. The molecule has 0 atom stereocenters. The summed E-state index contributed by atoms with van der Waals surface area (Å²) in [6, 6.07) is 8.16. The molecule has 6 nitrogen and oxygen atoms in total. The minimum absolute atomic E-state index is 0.0946. The van der Waals surface area contributed by atoms with Gasteiger partial charge in [-0.15, -0.1) is 11.3 Å². The number of amides is 1. The lowest BCUT2D eigenvalue weighted by atomic mass is 9.93. The van der Waals surface area contributed by atoms with Crippen LogP contribution in [0.25, 0.3) is 0 Å². The molecular formula is C22H31N5OS. The summed E-state index contributed by atoms with van der Waals surface area (Å²) >= 11 is 1.72. The Labute approximate surface area is 177 Å². The third-order valence-corrected chi connectivity index (χ3v) is 5.87. The molecule has 2 heterocycles. The normalized spacial score (nSPS) is 15.1. The number of carbonyl (C=O) groups is 1. The lowest BCUT2D eigenvalue weighted by Gasteiger charge is -2.16. The Morgan fingerprint density at radius 3 is 2.59 bits per heavy atom. The molecule has 2 aromatic rings. The maximum Gasteiger partial charge on any atom is 0.227 e. The van der Waals surface area contributed by atoms with Crippen LogP contribution in [0.5, 0.6) is 0 Å². The van der Waals surface area contributed by atoms with Crippen LogP contribution in [0.15, 0.2) is 34.6 Å². The Balaban J connectivity index is 1.44. The van der Waals surface area contributed by atoms with Gasteiger partial charge in [0.25, 0.3) is 0 Å². The van der Waals surface area contributed by atoms with Gasteiger partial charge in [-0.05, 0) is 24.1 Å². The largest absolute Gasteiger partial charge is 0.356 e. The van der Waals surface area contributed by atoms with Crippen LogP contribution in [-0.2, 0) is 23.2 Å². The van der Waals surface area contributed by atoms with Crippen molar-refractivity contribution in [1.82, 2.24) is 15.6 Å². The highest BCUT2D eigenvalue weighted by atomic mass is 32.1. The molecule has 1 fully saturated rings. The summed E-state index contributed by atoms with van der Waals surface area (Å²) in [6.45, 7) is 8.84. The van der Waals surface area contributed by atoms with Crippen LogP contribution < -0.4 is 15.5 Å². The highest BCUT2D eigenvalue weighted by Crippen LogP contribution is 2.24. The van der Waals surface area contributed by atoms with E-state index in [1.54, 1.807) is 18.4 Å². The van der Waals surface area contributed by atoms with Gasteiger partial charge in [0.1, 0.15) is 0 Å². The third-order valence-electron chi connectivity index (χ3n) is 4.96. The second-order valence-corrected chi connectivity index (χ2v) is 9.24. The van der Waals surface area contributed by atoms with E-state index in [4.69, 9.17) is 4.98 Å². The zero-order valence-electron chi connectivity index (χ0n) is 17.8. The number of anilines is 1. The number of thiazole rings is 1. The molecule has 3 rings (SSSR count). The van der Waals surface area contributed by atoms with Crippen molar-refractivity contribution in [2.45, 2.75) is 52.0 Å². The average Bonchev–Trinajstić information content (AvgIpc) is 3.34. The van der Waals surface area contributed by atoms with Crippen LogP contribution in [0.4, 0.5) is 5.69 Å². The molecule has 156 valence electrons. The molecule has 2 N–H and O–H groups in total. The van der Waals surface area contributed by atoms with Gasteiger partial charge in [-0.3, -0.25) is 9.79 Å². The molecule has 1 amide bonds. The maximum absolute atomic E-state index is 11.9. The molecule has 1 saturated heterocycles. The van der Waals surface area contributed by atoms with E-state index in [-0.39, 0.29) is 11.3 Å². The van der Waals surface area contributed by atoms with Gasteiger partial charge in [-0.1, -0.05) is 32.9 Å². The van der Waals surface area contributed by atoms with Gasteiger partial charge >= 0.3 is 0 Å². The zero-order chi connectivity index (χ0) is 20.9. The van der Waals surface area contributed by atoms with Crippen molar-refractivity contribution in [2.24, 2.45) is 4.99 Å². The summed E-state index contributed by atoms with van der Waals surface area (Å²) in [5.41, 5.74) is 3.38. The van der Waals surface area contributed by atoms with Gasteiger partial charge in [0.2, 0.25) is 5.91 Å². The molecule has 0 saturated carbocycles. The van der Waals surface area contributed by atoms with E-state index in [1.807, 2.05) is 17.0 Å². The quantitative estimate of drug-likeness (QED) is 0.562. The van der Waals surface area contributed by atoms with Crippen molar-refractivity contribution >= 4 is 28.9 Å². The standard InChI is InChI=1S/C22H31N5OS/c1-22(2,3)18-15-29-19(26-18)11-12-24-21(23-4)25-14-16-7-9-17(10-8-16)27-13-5-6-20(27)28/h7-10,15H,5-6,11-14H2,1-4H3,(H2,23,24,25). The van der Waals surface area contributed by atoms with Crippen molar-refractivity contribution in [3.63, 3.8) is 0 Å². The first-order valence-corrected chi connectivity index (χ1v) is 11.0. The van der Waals surface area contributed by atoms with Gasteiger partial charge in [-0.2, -0.15) is 0 Å². The topological polar surface area (TPSA) is 69.6 Å². The Bertz CT molecular complexity index is 851. The van der Waals surface area contributed by atoms with Crippen LogP contribution in [0.2, 0.25) is 0 Å². The van der Waals surface area contributed by atoms with Crippen molar-refractivity contribution in [1.29, 1.82) is 0 Å². The van der Waals surface area contributed by atoms with Crippen molar-refractivity contribution < 1.29 is 4.79 Å². The number of rotatable bonds is 6. The number of aromatic nitrogens is 1. The van der Waals surface area contributed by atoms with Crippen LogP contribution in [-0.4, -0.2) is 37.0 Å². The second kappa shape index (κ2) is 9.39. The van der Waals surface area contributed by atoms with Crippen LogP contribution in [0, 0.1) is 0 Å². The fourth-order valence-corrected chi connectivity index (χ4v) is 4.20. The predicted octanol–water partition coefficient (Wildman–Crippen LogP) is 3.48. The van der Waals surface area contributed by atoms with Gasteiger partial charge in [0.15, 0.2) is 5.96 Å². The second-order valence-electron chi connectivity index (χ2n) is 8.29. The molecule has 0 radical (unpaired) electrons. The fourth-order valence-electron chi connectivity index (χ4n) is 3.18. The Morgan fingerprint density at radius 2 is 2.00 bits per heavy atom. The SMILES string of the molecule is CN=C(NCCc1nc(C(C)(C)C)cs1)NCc1ccc(N2CCCC2=O)cc1. The zero-order valence-corrected chi connectivity index (χ0v) is 18.6. The highest BCUT2D eigenvalue weighted by Gasteiger charge is 2.21. The molecule has 7 heteroatoms. The summed E-state index contributed by atoms with van der Waals surface area (Å²) < 4.78 is 0. The lowest BCUT2D eigenvalue weighted by molar-refractivity contribution is -0.117. The molecule has 0 unspecified atom stereocenters. The number of nitrogens with one attached hydrogen (secondary N) is 2. The first-order valence-electron chi connectivity index (χ1n) is 10.2. The van der Waals surface area contributed by atoms with E-state index in [1.165, 1.54) is 0 Å². The van der Waals surface area contributed by atoms with E-state index in [0.717, 1.165) is 53.8 Å². The lowest BCUT2D eigenvalue weighted by Crippen LogP contribution is -2.37. The van der Waals surface area contributed by atoms with Gasteiger partial charge in [0, 0.05) is 56.0 Å². The number of hydrogen-bond acceptors (Lipinski definition) is 4. The van der Waals surface area contributed by atoms with E-state index in [0.29, 0.717) is 13.0 Å². The van der Waals surface area contributed by atoms with E-state index in [9.17, 15) is 4.79 Å². The van der Waals surface area contributed by atoms with E-state index < -0.39 is 0 Å². The van der Waals surface area contributed by atoms with Crippen LogP contribution >= 0.6 is 11.3 Å². The minimum atomic E-state index is 0.0946. The predicted molar refractivity (Wildman–Crippen MR) is 121 cm³/mol. The Kier molecular flexibility index (Phi) is 6.90. The number of aliphatic imine (C=N–C) groups is 1. The first kappa shape index (κ1) is 21.3. The van der Waals surface area contributed by atoms with Crippen molar-refractivity contribution in [3.8, 4) is 0 Å². The molecule has 0 spiro atoms. The number of nitrogens with zero attached hydrogens (tertiary/aromatic N) is 3. The summed E-state index contributed by atoms with van der Waals surface area (Å²) in [5, 5.41) is 9.99. The highest BCUT2D eigenvalue weighted by molar-refractivity contribution is 7.09. The minimum Gasteiger partial charge on any atom is -0.356 e. The molecule has 0 bridgehead atoms. The number of benzene rings is 1. The molecular weight excluding hydrogens is 382 g/mol. The summed E-state index contributed by atoms with van der Waals surface area (Å²) in [5.74, 6) is 0.992. The third kappa shape index (κ3) is 5.79. The first-order chi connectivity index (χ1) is 13.9. The van der Waals surface area contributed by atoms with Crippen molar-refractivity contribution in [2.75, 3.05) is 25.0 Å². The molecule has 1 aromatic carbocycles. The van der Waals surface area contributed by atoms with Gasteiger partial charge in [-0.25, -0.2) is 4.98 Å². The Morgan fingerprint density at radius 1 is 1.24 bits per heavy atom. The summed E-state index contributed by atoms with van der Waals surface area (Å²) in [6.07, 6.45) is 2.48. The average molecular weight is 414 g/mol. The van der Waals surface area contributed by atoms with Gasteiger partial charge in [0.05, 0.1) is 10.7 Å². The van der Waals surface area contributed by atoms with E-state index >= 15 is 0 Å². The molecule has 1 aliphatic rings. The summed E-state index contributed by atoms with van der Waals surface area (Å²) in [7, 11) is 1.78. The molecule has 1 aromatic heterocycles. The van der Waals surface area contributed by atoms with Gasteiger partial charge < -0.3 is 15.5 Å². The molecule has 29 heavy (non-hydrogen) atoms. The monoisotopic (exact) mass is 413 g/mol. The van der Waals surface area contributed by atoms with Crippen LogP contribution in [0.3, 0.4) is 0 Å². The summed E-state index contributed by atoms with van der Waals surface area (Å²) in [4.78, 5) is 22.7. The van der Waals surface area contributed by atoms with Crippen LogP contribution in [0.1, 0.15) is 49.9 Å². The van der Waals surface area contributed by atoms with E-state index in [2.05, 4.69) is 53.9 Å². The number of carbonyl (C=O) groups excluding carboxylic acids is 1. The van der Waals surface area contributed by atoms with Crippen molar-refractivity contribution in [3.05, 3.63) is 45.9 Å². The Hall–Kier alpha value is -2.41. The smallest absolute Gasteiger partial charge is 0.227 e. The fraction of sp³-hybridized carbons (Fsp3) is 0.500. The maximum atomic E-state index is 11.9. The molecule has 0 aliphatic carbocycles.